The molecule has 0 spiro atoms. The van der Waals surface area contributed by atoms with Crippen molar-refractivity contribution in [3.05, 3.63) is 23.8 Å². The summed E-state index contributed by atoms with van der Waals surface area (Å²) < 4.78 is 11.1. The Hall–Kier alpha value is -1.34. The molecule has 0 saturated heterocycles. The number of rotatable bonds is 10. The quantitative estimate of drug-likeness (QED) is 0.589. The zero-order valence-corrected chi connectivity index (χ0v) is 15.2. The largest absolute Gasteiger partial charge is 0.497 e. The smallest absolute Gasteiger partial charge is 0.123 e. The molecule has 0 saturated carbocycles. The van der Waals surface area contributed by atoms with E-state index in [1.54, 1.807) is 12.0 Å². The Morgan fingerprint density at radius 1 is 1.12 bits per heavy atom. The molecule has 3 N–H and O–H groups in total. The Kier molecular flexibility index (Phi) is 8.48. The summed E-state index contributed by atoms with van der Waals surface area (Å²) >= 11 is 0. The molecule has 1 rings (SSSR count). The van der Waals surface area contributed by atoms with E-state index in [1.165, 1.54) is 0 Å². The second-order valence-corrected chi connectivity index (χ2v) is 6.82. The zero-order chi connectivity index (χ0) is 18.2. The van der Waals surface area contributed by atoms with Gasteiger partial charge in [-0.25, -0.2) is 0 Å². The molecule has 0 fully saturated rings. The van der Waals surface area contributed by atoms with Gasteiger partial charge >= 0.3 is 0 Å². The van der Waals surface area contributed by atoms with E-state index in [-0.39, 0.29) is 25.2 Å². The maximum atomic E-state index is 10.2. The van der Waals surface area contributed by atoms with E-state index < -0.39 is 6.10 Å². The molecule has 6 heteroatoms. The highest BCUT2D eigenvalue weighted by atomic mass is 16.5. The molecule has 0 bridgehead atoms. The van der Waals surface area contributed by atoms with Crippen LogP contribution in [0.2, 0.25) is 0 Å². The fourth-order valence-corrected chi connectivity index (χ4v) is 2.46. The molecule has 24 heavy (non-hydrogen) atoms. The van der Waals surface area contributed by atoms with Gasteiger partial charge in [0.1, 0.15) is 24.2 Å². The van der Waals surface area contributed by atoms with Crippen molar-refractivity contribution < 1.29 is 24.8 Å². The molecule has 1 aromatic carbocycles. The zero-order valence-electron chi connectivity index (χ0n) is 15.2. The van der Waals surface area contributed by atoms with Crippen molar-refractivity contribution in [2.75, 3.05) is 46.6 Å². The van der Waals surface area contributed by atoms with Crippen LogP contribution >= 0.6 is 0 Å². The molecule has 1 atom stereocenters. The highest BCUT2D eigenvalue weighted by molar-refractivity contribution is 5.44. The van der Waals surface area contributed by atoms with Crippen molar-refractivity contribution in [3.8, 4) is 11.5 Å². The van der Waals surface area contributed by atoms with Gasteiger partial charge in [0.05, 0.1) is 20.3 Å². The van der Waals surface area contributed by atoms with Gasteiger partial charge in [-0.3, -0.25) is 4.90 Å². The summed E-state index contributed by atoms with van der Waals surface area (Å²) in [6, 6.07) is 5.64. The summed E-state index contributed by atoms with van der Waals surface area (Å²) in [5, 5.41) is 28.2. The van der Waals surface area contributed by atoms with Gasteiger partial charge in [0, 0.05) is 25.2 Å². The van der Waals surface area contributed by atoms with Crippen molar-refractivity contribution in [2.24, 2.45) is 0 Å². The highest BCUT2D eigenvalue weighted by Crippen LogP contribution is 2.34. The second kappa shape index (κ2) is 9.84. The number of ether oxygens (including phenoxy) is 2. The lowest BCUT2D eigenvalue weighted by molar-refractivity contribution is 0.0547. The second-order valence-electron chi connectivity index (χ2n) is 6.82. The van der Waals surface area contributed by atoms with E-state index >= 15 is 0 Å². The lowest BCUT2D eigenvalue weighted by Gasteiger charge is -2.26. The number of aliphatic hydroxyl groups excluding tert-OH is 3. The first-order chi connectivity index (χ1) is 11.3. The van der Waals surface area contributed by atoms with E-state index in [9.17, 15) is 5.11 Å². The predicted octanol–water partition coefficient (Wildman–Crippen LogP) is 1.02. The van der Waals surface area contributed by atoms with Crippen LogP contribution in [0.1, 0.15) is 26.3 Å². The van der Waals surface area contributed by atoms with Crippen molar-refractivity contribution in [3.63, 3.8) is 0 Å². The molecule has 0 aliphatic heterocycles. The summed E-state index contributed by atoms with van der Waals surface area (Å²) in [6.45, 7) is 7.55. The summed E-state index contributed by atoms with van der Waals surface area (Å²) in [6.07, 6.45) is -0.710. The van der Waals surface area contributed by atoms with E-state index in [2.05, 4.69) is 20.8 Å². The van der Waals surface area contributed by atoms with Crippen LogP contribution in [-0.4, -0.2) is 72.9 Å². The standard InChI is InChI=1S/C18H31NO5/c1-18(2,3)16-11-15(23-4)5-6-17(16)24-13-14(22)12-19(7-9-20)8-10-21/h5-6,11,14,20-22H,7-10,12-13H2,1-4H3/t14-/m1/s1. The van der Waals surface area contributed by atoms with E-state index in [0.29, 0.717) is 19.6 Å². The minimum atomic E-state index is -0.710. The normalized spacial score (nSPS) is 13.2. The van der Waals surface area contributed by atoms with Gasteiger partial charge in [0.15, 0.2) is 0 Å². The van der Waals surface area contributed by atoms with Crippen molar-refractivity contribution in [1.29, 1.82) is 0 Å². The van der Waals surface area contributed by atoms with Crippen LogP contribution in [-0.2, 0) is 5.41 Å². The lowest BCUT2D eigenvalue weighted by Crippen LogP contribution is -2.39. The molecular formula is C18H31NO5. The number of hydrogen-bond acceptors (Lipinski definition) is 6. The Bertz CT molecular complexity index is 481. The monoisotopic (exact) mass is 341 g/mol. The van der Waals surface area contributed by atoms with E-state index in [0.717, 1.165) is 17.1 Å². The maximum absolute atomic E-state index is 10.2. The fourth-order valence-electron chi connectivity index (χ4n) is 2.46. The molecule has 0 unspecified atom stereocenters. The van der Waals surface area contributed by atoms with Gasteiger partial charge in [0.25, 0.3) is 0 Å². The third-order valence-electron chi connectivity index (χ3n) is 3.73. The van der Waals surface area contributed by atoms with E-state index in [4.69, 9.17) is 19.7 Å². The molecule has 0 radical (unpaired) electrons. The topological polar surface area (TPSA) is 82.4 Å². The van der Waals surface area contributed by atoms with Gasteiger partial charge in [-0.2, -0.15) is 0 Å². The Morgan fingerprint density at radius 2 is 1.75 bits per heavy atom. The maximum Gasteiger partial charge on any atom is 0.123 e. The average molecular weight is 341 g/mol. The predicted molar refractivity (Wildman–Crippen MR) is 93.8 cm³/mol. The molecule has 0 heterocycles. The van der Waals surface area contributed by atoms with Crippen LogP contribution in [0.25, 0.3) is 0 Å². The lowest BCUT2D eigenvalue weighted by atomic mass is 9.86. The van der Waals surface area contributed by atoms with Crippen molar-refractivity contribution in [1.82, 2.24) is 4.90 Å². The molecule has 0 aliphatic rings. The molecule has 138 valence electrons. The number of benzene rings is 1. The van der Waals surface area contributed by atoms with Crippen LogP contribution in [0.5, 0.6) is 11.5 Å². The fraction of sp³-hybridized carbons (Fsp3) is 0.667. The SMILES string of the molecule is COc1ccc(OC[C@H](O)CN(CCO)CCO)c(C(C)(C)C)c1. The van der Waals surface area contributed by atoms with Gasteiger partial charge in [0.2, 0.25) is 0 Å². The first-order valence-corrected chi connectivity index (χ1v) is 8.25. The minimum Gasteiger partial charge on any atom is -0.497 e. The Morgan fingerprint density at radius 3 is 2.25 bits per heavy atom. The molecule has 0 amide bonds. The summed E-state index contributed by atoms with van der Waals surface area (Å²) in [5.74, 6) is 1.49. The van der Waals surface area contributed by atoms with Gasteiger partial charge in [-0.05, 0) is 23.6 Å². The van der Waals surface area contributed by atoms with Gasteiger partial charge in [-0.15, -0.1) is 0 Å². The molecule has 6 nitrogen and oxygen atoms in total. The molecule has 0 aliphatic carbocycles. The third-order valence-corrected chi connectivity index (χ3v) is 3.73. The summed E-state index contributed by atoms with van der Waals surface area (Å²) in [7, 11) is 1.63. The number of aliphatic hydroxyl groups is 3. The Balaban J connectivity index is 2.72. The molecule has 1 aromatic rings. The van der Waals surface area contributed by atoms with Crippen LogP contribution in [0.4, 0.5) is 0 Å². The molecule has 0 aromatic heterocycles. The van der Waals surface area contributed by atoms with Gasteiger partial charge < -0.3 is 24.8 Å². The van der Waals surface area contributed by atoms with Crippen LogP contribution < -0.4 is 9.47 Å². The number of nitrogens with zero attached hydrogens (tertiary/aromatic N) is 1. The minimum absolute atomic E-state index is 0.0137. The number of methoxy groups -OCH3 is 1. The van der Waals surface area contributed by atoms with Crippen LogP contribution in [0.3, 0.4) is 0 Å². The first-order valence-electron chi connectivity index (χ1n) is 8.25. The average Bonchev–Trinajstić information content (AvgIpc) is 2.52. The highest BCUT2D eigenvalue weighted by Gasteiger charge is 2.21. The number of hydrogen-bond donors (Lipinski definition) is 3. The van der Waals surface area contributed by atoms with Gasteiger partial charge in [-0.1, -0.05) is 20.8 Å². The summed E-state index contributed by atoms with van der Waals surface area (Å²) in [4.78, 5) is 1.80. The van der Waals surface area contributed by atoms with Crippen LogP contribution in [0, 0.1) is 0 Å². The van der Waals surface area contributed by atoms with Crippen molar-refractivity contribution in [2.45, 2.75) is 32.3 Å². The Labute approximate surface area is 144 Å². The first kappa shape index (κ1) is 20.7. The van der Waals surface area contributed by atoms with Crippen LogP contribution in [0.15, 0.2) is 18.2 Å². The van der Waals surface area contributed by atoms with E-state index in [1.807, 2.05) is 18.2 Å². The summed E-state index contributed by atoms with van der Waals surface area (Å²) in [5.41, 5.74) is 0.894. The van der Waals surface area contributed by atoms with Crippen molar-refractivity contribution >= 4 is 0 Å². The third kappa shape index (κ3) is 6.65. The molecular weight excluding hydrogens is 310 g/mol.